The van der Waals surface area contributed by atoms with Crippen LogP contribution in [0.1, 0.15) is 44.1 Å². The van der Waals surface area contributed by atoms with E-state index in [0.717, 1.165) is 25.9 Å². The molecule has 7 heteroatoms. The van der Waals surface area contributed by atoms with Gasteiger partial charge >= 0.3 is 0 Å². The van der Waals surface area contributed by atoms with Gasteiger partial charge in [0.25, 0.3) is 0 Å². The van der Waals surface area contributed by atoms with Crippen LogP contribution < -0.4 is 9.47 Å². The van der Waals surface area contributed by atoms with Crippen LogP contribution in [0.3, 0.4) is 0 Å². The summed E-state index contributed by atoms with van der Waals surface area (Å²) in [6.45, 7) is 5.16. The Bertz CT molecular complexity index is 743. The topological polar surface area (TPSA) is 59.1 Å². The zero-order valence-corrected chi connectivity index (χ0v) is 17.6. The first-order valence-corrected chi connectivity index (χ1v) is 11.4. The molecule has 2 aliphatic rings. The standard InChI is InChI=1S/C20H32N2O4S/c1-16-13-18(25-2)19(26-3)14-20(16)27(23,24)22-12-8-9-17(15-22)21-10-6-4-5-7-11-21/h13-14,17H,4-12,15H2,1-3H3. The number of hydrogen-bond acceptors (Lipinski definition) is 5. The number of methoxy groups -OCH3 is 2. The average Bonchev–Trinajstić information content (AvgIpc) is 2.97. The van der Waals surface area contributed by atoms with Crippen molar-refractivity contribution in [1.82, 2.24) is 9.21 Å². The summed E-state index contributed by atoms with van der Waals surface area (Å²) in [5.41, 5.74) is 0.685. The van der Waals surface area contributed by atoms with Crippen LogP contribution in [-0.2, 0) is 10.0 Å². The summed E-state index contributed by atoms with van der Waals surface area (Å²) >= 11 is 0. The van der Waals surface area contributed by atoms with Crippen molar-refractivity contribution in [3.8, 4) is 11.5 Å². The Hall–Kier alpha value is -1.31. The number of piperidine rings is 1. The molecule has 0 N–H and O–H groups in total. The monoisotopic (exact) mass is 396 g/mol. The minimum Gasteiger partial charge on any atom is -0.493 e. The Morgan fingerprint density at radius 3 is 2.19 bits per heavy atom. The lowest BCUT2D eigenvalue weighted by Crippen LogP contribution is -2.50. The van der Waals surface area contributed by atoms with Gasteiger partial charge in [-0.1, -0.05) is 12.8 Å². The molecule has 0 aliphatic carbocycles. The Morgan fingerprint density at radius 2 is 1.56 bits per heavy atom. The van der Waals surface area contributed by atoms with Crippen LogP contribution in [0.2, 0.25) is 0 Å². The quantitative estimate of drug-likeness (QED) is 0.766. The van der Waals surface area contributed by atoms with Gasteiger partial charge in [0, 0.05) is 25.2 Å². The van der Waals surface area contributed by atoms with Crippen LogP contribution in [0.15, 0.2) is 17.0 Å². The van der Waals surface area contributed by atoms with Crippen LogP contribution >= 0.6 is 0 Å². The van der Waals surface area contributed by atoms with Crippen molar-refractivity contribution < 1.29 is 17.9 Å². The molecule has 152 valence electrons. The van der Waals surface area contributed by atoms with E-state index in [0.29, 0.717) is 41.1 Å². The molecule has 27 heavy (non-hydrogen) atoms. The molecule has 1 aromatic rings. The number of sulfonamides is 1. The molecule has 0 radical (unpaired) electrons. The van der Waals surface area contributed by atoms with Gasteiger partial charge in [-0.25, -0.2) is 8.42 Å². The van der Waals surface area contributed by atoms with E-state index in [2.05, 4.69) is 4.90 Å². The highest BCUT2D eigenvalue weighted by Gasteiger charge is 2.34. The molecular weight excluding hydrogens is 364 g/mol. The number of benzene rings is 1. The molecule has 2 aliphatic heterocycles. The van der Waals surface area contributed by atoms with E-state index < -0.39 is 10.0 Å². The lowest BCUT2D eigenvalue weighted by atomic mass is 10.1. The molecule has 1 aromatic carbocycles. The number of likely N-dealkylation sites (tertiary alicyclic amines) is 1. The lowest BCUT2D eigenvalue weighted by Gasteiger charge is -2.38. The predicted octanol–water partition coefficient (Wildman–Crippen LogP) is 3.04. The van der Waals surface area contributed by atoms with E-state index in [1.165, 1.54) is 32.8 Å². The summed E-state index contributed by atoms with van der Waals surface area (Å²) in [7, 11) is -0.475. The van der Waals surface area contributed by atoms with E-state index in [1.807, 2.05) is 6.92 Å². The van der Waals surface area contributed by atoms with Crippen LogP contribution in [0.25, 0.3) is 0 Å². The summed E-state index contributed by atoms with van der Waals surface area (Å²) in [5.74, 6) is 0.998. The third-order valence-electron chi connectivity index (χ3n) is 5.82. The number of hydrogen-bond donors (Lipinski definition) is 0. The van der Waals surface area contributed by atoms with Crippen molar-refractivity contribution in [2.75, 3.05) is 40.4 Å². The predicted molar refractivity (Wildman–Crippen MR) is 106 cm³/mol. The third-order valence-corrected chi connectivity index (χ3v) is 7.82. The van der Waals surface area contributed by atoms with Crippen LogP contribution in [-0.4, -0.2) is 64.1 Å². The Balaban J connectivity index is 1.83. The van der Waals surface area contributed by atoms with Gasteiger partial charge in [0.2, 0.25) is 10.0 Å². The minimum atomic E-state index is -3.56. The fourth-order valence-corrected chi connectivity index (χ4v) is 6.01. The third kappa shape index (κ3) is 4.41. The highest BCUT2D eigenvalue weighted by molar-refractivity contribution is 7.89. The van der Waals surface area contributed by atoms with E-state index >= 15 is 0 Å². The second-order valence-corrected chi connectivity index (χ2v) is 9.49. The highest BCUT2D eigenvalue weighted by atomic mass is 32.2. The lowest BCUT2D eigenvalue weighted by molar-refractivity contribution is 0.139. The molecular formula is C20H32N2O4S. The summed E-state index contributed by atoms with van der Waals surface area (Å²) in [5, 5.41) is 0. The van der Waals surface area contributed by atoms with Gasteiger partial charge in [-0.2, -0.15) is 4.31 Å². The molecule has 1 atom stereocenters. The molecule has 6 nitrogen and oxygen atoms in total. The van der Waals surface area contributed by atoms with Crippen molar-refractivity contribution in [2.45, 2.75) is 56.4 Å². The molecule has 0 saturated carbocycles. The number of nitrogens with zero attached hydrogens (tertiary/aromatic N) is 2. The SMILES string of the molecule is COc1cc(C)c(S(=O)(=O)N2CCCC(N3CCCCCC3)C2)cc1OC. The fraction of sp³-hybridized carbons (Fsp3) is 0.700. The summed E-state index contributed by atoms with van der Waals surface area (Å²) in [6.07, 6.45) is 7.01. The van der Waals surface area contributed by atoms with Crippen LogP contribution in [0.4, 0.5) is 0 Å². The summed E-state index contributed by atoms with van der Waals surface area (Å²) in [6, 6.07) is 3.66. The molecule has 0 aromatic heterocycles. The second-order valence-electron chi connectivity index (χ2n) is 7.58. The number of aryl methyl sites for hydroxylation is 1. The van der Waals surface area contributed by atoms with Gasteiger partial charge in [-0.3, -0.25) is 4.90 Å². The van der Waals surface area contributed by atoms with Crippen molar-refractivity contribution in [1.29, 1.82) is 0 Å². The van der Waals surface area contributed by atoms with Gasteiger partial charge in [0.05, 0.1) is 19.1 Å². The first-order chi connectivity index (χ1) is 13.0. The fourth-order valence-electron chi connectivity index (χ4n) is 4.28. The summed E-state index contributed by atoms with van der Waals surface area (Å²) in [4.78, 5) is 2.83. The maximum absolute atomic E-state index is 13.4. The van der Waals surface area contributed by atoms with Gasteiger partial charge < -0.3 is 9.47 Å². The van der Waals surface area contributed by atoms with Crippen molar-refractivity contribution in [3.63, 3.8) is 0 Å². The summed E-state index contributed by atoms with van der Waals surface area (Å²) < 4.78 is 39.1. The zero-order valence-electron chi connectivity index (χ0n) is 16.7. The van der Waals surface area contributed by atoms with Crippen molar-refractivity contribution in [2.24, 2.45) is 0 Å². The minimum absolute atomic E-state index is 0.316. The highest BCUT2D eigenvalue weighted by Crippen LogP contribution is 2.34. The normalized spacial score (nSPS) is 23.0. The molecule has 2 heterocycles. The molecule has 2 saturated heterocycles. The van der Waals surface area contributed by atoms with E-state index in [1.54, 1.807) is 23.5 Å². The first kappa shape index (κ1) is 20.4. The molecule has 2 fully saturated rings. The van der Waals surface area contributed by atoms with Gasteiger partial charge in [-0.15, -0.1) is 0 Å². The van der Waals surface area contributed by atoms with Crippen molar-refractivity contribution >= 4 is 10.0 Å². The molecule has 3 rings (SSSR count). The van der Waals surface area contributed by atoms with Gasteiger partial charge in [0.1, 0.15) is 0 Å². The van der Waals surface area contributed by atoms with Gasteiger partial charge in [0.15, 0.2) is 11.5 Å². The number of rotatable bonds is 5. The second kappa shape index (κ2) is 8.80. The van der Waals surface area contributed by atoms with Crippen LogP contribution in [0.5, 0.6) is 11.5 Å². The number of ether oxygens (including phenoxy) is 2. The Morgan fingerprint density at radius 1 is 0.926 bits per heavy atom. The maximum Gasteiger partial charge on any atom is 0.243 e. The van der Waals surface area contributed by atoms with E-state index in [9.17, 15) is 8.42 Å². The smallest absolute Gasteiger partial charge is 0.243 e. The first-order valence-electron chi connectivity index (χ1n) is 9.94. The van der Waals surface area contributed by atoms with Crippen LogP contribution in [0, 0.1) is 6.92 Å². The molecule has 0 bridgehead atoms. The molecule has 0 spiro atoms. The Kier molecular flexibility index (Phi) is 6.65. The molecule has 0 amide bonds. The maximum atomic E-state index is 13.4. The largest absolute Gasteiger partial charge is 0.493 e. The average molecular weight is 397 g/mol. The van der Waals surface area contributed by atoms with E-state index in [4.69, 9.17) is 9.47 Å². The zero-order chi connectivity index (χ0) is 19.4. The molecule has 1 unspecified atom stereocenters. The van der Waals surface area contributed by atoms with Crippen molar-refractivity contribution in [3.05, 3.63) is 17.7 Å². The van der Waals surface area contributed by atoms with Gasteiger partial charge in [-0.05, 0) is 57.3 Å². The Labute approximate surface area is 163 Å². The van der Waals surface area contributed by atoms with E-state index in [-0.39, 0.29) is 0 Å².